The van der Waals surface area contributed by atoms with Crippen molar-refractivity contribution in [2.45, 2.75) is 38.3 Å². The van der Waals surface area contributed by atoms with Crippen LogP contribution in [0.4, 0.5) is 0 Å². The van der Waals surface area contributed by atoms with E-state index in [1.54, 1.807) is 0 Å². The predicted octanol–water partition coefficient (Wildman–Crippen LogP) is 1.13. The molecule has 80 valence electrons. The molecule has 1 saturated heterocycles. The quantitative estimate of drug-likeness (QED) is 0.669. The maximum atomic E-state index is 10.2. The summed E-state index contributed by atoms with van der Waals surface area (Å²) in [5.74, 6) is -0.927. The molecule has 0 aromatic carbocycles. The number of carbonyl (C=O) groups is 1. The van der Waals surface area contributed by atoms with Gasteiger partial charge in [0.25, 0.3) is 0 Å². The van der Waals surface area contributed by atoms with Gasteiger partial charge in [-0.25, -0.2) is 4.79 Å². The monoisotopic (exact) mass is 199 g/mol. The molecule has 14 heavy (non-hydrogen) atoms. The number of carboxylic acids is 1. The first-order valence-electron chi connectivity index (χ1n) is 4.79. The molecule has 0 aliphatic carbocycles. The lowest BCUT2D eigenvalue weighted by atomic mass is 9.94. The summed E-state index contributed by atoms with van der Waals surface area (Å²) in [6.45, 7) is 4.81. The molecule has 1 atom stereocenters. The first-order chi connectivity index (χ1) is 6.49. The largest absolute Gasteiger partial charge is 0.478 e. The van der Waals surface area contributed by atoms with E-state index in [9.17, 15) is 4.79 Å². The number of rotatable bonds is 3. The molecule has 4 heteroatoms. The van der Waals surface area contributed by atoms with Crippen molar-refractivity contribution in [1.29, 1.82) is 0 Å². The molecule has 1 aliphatic rings. The Balaban J connectivity index is 2.35. The van der Waals surface area contributed by atoms with Crippen molar-refractivity contribution in [2.24, 2.45) is 0 Å². The van der Waals surface area contributed by atoms with Gasteiger partial charge in [0.05, 0.1) is 5.60 Å². The van der Waals surface area contributed by atoms with Gasteiger partial charge < -0.3 is 15.2 Å². The van der Waals surface area contributed by atoms with Crippen molar-refractivity contribution < 1.29 is 14.6 Å². The zero-order chi connectivity index (χ0) is 10.6. The molecule has 0 saturated carbocycles. The fourth-order valence-electron chi connectivity index (χ4n) is 1.63. The van der Waals surface area contributed by atoms with Gasteiger partial charge in [-0.1, -0.05) is 0 Å². The Labute approximate surface area is 83.9 Å². The van der Waals surface area contributed by atoms with Crippen LogP contribution in [0.15, 0.2) is 12.3 Å². The minimum atomic E-state index is -0.927. The molecule has 0 radical (unpaired) electrons. The highest BCUT2D eigenvalue weighted by Crippen LogP contribution is 2.23. The Hall–Kier alpha value is -1.03. The maximum Gasteiger partial charge on any atom is 0.329 e. The lowest BCUT2D eigenvalue weighted by molar-refractivity contribution is -0.131. The number of nitrogens with one attached hydrogen (secondary N) is 1. The van der Waals surface area contributed by atoms with E-state index in [-0.39, 0.29) is 5.60 Å². The van der Waals surface area contributed by atoms with Gasteiger partial charge in [0.2, 0.25) is 0 Å². The van der Waals surface area contributed by atoms with Gasteiger partial charge in [-0.3, -0.25) is 0 Å². The Bertz CT molecular complexity index is 236. The SMILES string of the molecule is CC1(C)CC(N/C=C/C(=O)O)CCO1. The molecule has 0 spiro atoms. The van der Waals surface area contributed by atoms with E-state index in [0.717, 1.165) is 25.5 Å². The van der Waals surface area contributed by atoms with Crippen molar-refractivity contribution in [3.05, 3.63) is 12.3 Å². The molecule has 0 aromatic heterocycles. The van der Waals surface area contributed by atoms with Crippen molar-refractivity contribution in [2.75, 3.05) is 6.61 Å². The van der Waals surface area contributed by atoms with E-state index in [1.807, 2.05) is 13.8 Å². The molecule has 0 bridgehead atoms. The van der Waals surface area contributed by atoms with Crippen LogP contribution in [0.5, 0.6) is 0 Å². The van der Waals surface area contributed by atoms with Gasteiger partial charge in [0.15, 0.2) is 0 Å². The third kappa shape index (κ3) is 3.79. The van der Waals surface area contributed by atoms with Crippen molar-refractivity contribution >= 4 is 5.97 Å². The highest BCUT2D eigenvalue weighted by atomic mass is 16.5. The summed E-state index contributed by atoms with van der Waals surface area (Å²) in [6, 6.07) is 0.314. The standard InChI is InChI=1S/C10H17NO3/c1-10(2)7-8(4-6-14-10)11-5-3-9(12)13/h3,5,8,11H,4,6-7H2,1-2H3,(H,12,13)/b5-3+. The number of carboxylic acid groups (broad SMARTS) is 1. The lowest BCUT2D eigenvalue weighted by Crippen LogP contribution is -2.42. The second kappa shape index (κ2) is 4.46. The summed E-state index contributed by atoms with van der Waals surface area (Å²) in [5, 5.41) is 11.5. The van der Waals surface area contributed by atoms with Gasteiger partial charge in [0, 0.05) is 24.9 Å². The average Bonchev–Trinajstić information content (AvgIpc) is 2.01. The summed E-state index contributed by atoms with van der Waals surface area (Å²) in [4.78, 5) is 10.2. The molecular weight excluding hydrogens is 182 g/mol. The Morgan fingerprint density at radius 2 is 2.36 bits per heavy atom. The van der Waals surface area contributed by atoms with Crippen LogP contribution in [0.25, 0.3) is 0 Å². The van der Waals surface area contributed by atoms with Crippen molar-refractivity contribution in [3.8, 4) is 0 Å². The van der Waals surface area contributed by atoms with Crippen LogP contribution in [-0.2, 0) is 9.53 Å². The Morgan fingerprint density at radius 1 is 1.64 bits per heavy atom. The molecule has 1 aliphatic heterocycles. The second-order valence-corrected chi connectivity index (χ2v) is 4.14. The summed E-state index contributed by atoms with van der Waals surface area (Å²) in [5.41, 5.74) is -0.104. The van der Waals surface area contributed by atoms with Gasteiger partial charge in [-0.2, -0.15) is 0 Å². The van der Waals surface area contributed by atoms with Crippen molar-refractivity contribution in [3.63, 3.8) is 0 Å². The number of hydrogen-bond donors (Lipinski definition) is 2. The predicted molar refractivity (Wildman–Crippen MR) is 53.0 cm³/mol. The first-order valence-corrected chi connectivity index (χ1v) is 4.79. The summed E-state index contributed by atoms with van der Waals surface area (Å²) < 4.78 is 5.54. The summed E-state index contributed by atoms with van der Waals surface area (Å²) >= 11 is 0. The lowest BCUT2D eigenvalue weighted by Gasteiger charge is -2.35. The van der Waals surface area contributed by atoms with E-state index < -0.39 is 5.97 Å². The van der Waals surface area contributed by atoms with Gasteiger partial charge in [0.1, 0.15) is 0 Å². The molecular formula is C10H17NO3. The second-order valence-electron chi connectivity index (χ2n) is 4.14. The number of aliphatic carboxylic acids is 1. The van der Waals surface area contributed by atoms with Crippen LogP contribution in [0.1, 0.15) is 26.7 Å². The first kappa shape index (κ1) is 11.0. The number of hydrogen-bond acceptors (Lipinski definition) is 3. The average molecular weight is 199 g/mol. The van der Waals surface area contributed by atoms with Crippen LogP contribution in [-0.4, -0.2) is 29.3 Å². The van der Waals surface area contributed by atoms with Crippen LogP contribution >= 0.6 is 0 Å². The molecule has 1 unspecified atom stereocenters. The van der Waals surface area contributed by atoms with E-state index in [0.29, 0.717) is 6.04 Å². The molecule has 0 amide bonds. The fourth-order valence-corrected chi connectivity index (χ4v) is 1.63. The van der Waals surface area contributed by atoms with E-state index in [4.69, 9.17) is 9.84 Å². The van der Waals surface area contributed by atoms with E-state index in [2.05, 4.69) is 5.32 Å². The van der Waals surface area contributed by atoms with Crippen LogP contribution in [0, 0.1) is 0 Å². The highest BCUT2D eigenvalue weighted by molar-refractivity contribution is 5.79. The number of ether oxygens (including phenoxy) is 1. The summed E-state index contributed by atoms with van der Waals surface area (Å²) in [7, 11) is 0. The fraction of sp³-hybridized carbons (Fsp3) is 0.700. The van der Waals surface area contributed by atoms with Gasteiger partial charge >= 0.3 is 5.97 Å². The molecule has 1 heterocycles. The van der Waals surface area contributed by atoms with E-state index in [1.165, 1.54) is 6.20 Å². The van der Waals surface area contributed by atoms with Crippen LogP contribution in [0.3, 0.4) is 0 Å². The van der Waals surface area contributed by atoms with Gasteiger partial charge in [-0.15, -0.1) is 0 Å². The Morgan fingerprint density at radius 3 is 2.93 bits per heavy atom. The molecule has 1 rings (SSSR count). The zero-order valence-corrected chi connectivity index (χ0v) is 8.62. The molecule has 1 fully saturated rings. The minimum Gasteiger partial charge on any atom is -0.478 e. The van der Waals surface area contributed by atoms with Gasteiger partial charge in [-0.05, 0) is 26.7 Å². The minimum absolute atomic E-state index is 0.104. The highest BCUT2D eigenvalue weighted by Gasteiger charge is 2.27. The van der Waals surface area contributed by atoms with E-state index >= 15 is 0 Å². The molecule has 0 aromatic rings. The van der Waals surface area contributed by atoms with Crippen LogP contribution in [0.2, 0.25) is 0 Å². The zero-order valence-electron chi connectivity index (χ0n) is 8.62. The smallest absolute Gasteiger partial charge is 0.329 e. The third-order valence-corrected chi connectivity index (χ3v) is 2.25. The topological polar surface area (TPSA) is 58.6 Å². The normalized spacial score (nSPS) is 26.3. The maximum absolute atomic E-state index is 10.2. The molecule has 2 N–H and O–H groups in total. The molecule has 4 nitrogen and oxygen atoms in total. The Kier molecular flexibility index (Phi) is 3.52. The summed E-state index contributed by atoms with van der Waals surface area (Å²) in [6.07, 6.45) is 4.43. The third-order valence-electron chi connectivity index (χ3n) is 2.25. The van der Waals surface area contributed by atoms with Crippen LogP contribution < -0.4 is 5.32 Å². The van der Waals surface area contributed by atoms with Crippen molar-refractivity contribution in [1.82, 2.24) is 5.32 Å².